The summed E-state index contributed by atoms with van der Waals surface area (Å²) in [5.74, 6) is -0.592. The van der Waals surface area contributed by atoms with E-state index in [9.17, 15) is 22.8 Å². The third kappa shape index (κ3) is 7.33. The molecular formula is C24H35F3N4O3. The lowest BCUT2D eigenvalue weighted by Gasteiger charge is -2.33. The van der Waals surface area contributed by atoms with Crippen LogP contribution < -0.4 is 15.5 Å². The Hall–Kier alpha value is -2.33. The van der Waals surface area contributed by atoms with Gasteiger partial charge in [-0.2, -0.15) is 13.2 Å². The van der Waals surface area contributed by atoms with E-state index in [0.29, 0.717) is 45.1 Å². The van der Waals surface area contributed by atoms with Gasteiger partial charge in [0, 0.05) is 25.7 Å². The second kappa shape index (κ2) is 11.9. The number of likely N-dealkylation sites (tertiary alicyclic amines) is 1. The molecule has 1 aromatic rings. The van der Waals surface area contributed by atoms with Gasteiger partial charge in [0.25, 0.3) is 0 Å². The van der Waals surface area contributed by atoms with Gasteiger partial charge in [-0.25, -0.2) is 0 Å². The molecule has 2 fully saturated rings. The highest BCUT2D eigenvalue weighted by Crippen LogP contribution is 2.35. The Morgan fingerprint density at radius 3 is 2.62 bits per heavy atom. The van der Waals surface area contributed by atoms with Crippen molar-refractivity contribution < 1.29 is 27.5 Å². The molecule has 0 aromatic heterocycles. The molecule has 190 valence electrons. The van der Waals surface area contributed by atoms with Gasteiger partial charge in [-0.05, 0) is 50.9 Å². The molecule has 0 bridgehead atoms. The van der Waals surface area contributed by atoms with Gasteiger partial charge in [-0.3, -0.25) is 14.5 Å². The third-order valence-corrected chi connectivity index (χ3v) is 6.30. The van der Waals surface area contributed by atoms with Crippen molar-refractivity contribution in [1.29, 1.82) is 0 Å². The van der Waals surface area contributed by atoms with Crippen molar-refractivity contribution >= 4 is 23.2 Å². The lowest BCUT2D eigenvalue weighted by Crippen LogP contribution is -2.47. The maximum Gasteiger partial charge on any atom is 0.416 e. The van der Waals surface area contributed by atoms with Gasteiger partial charge in [0.2, 0.25) is 11.8 Å². The monoisotopic (exact) mass is 484 g/mol. The van der Waals surface area contributed by atoms with Crippen LogP contribution in [0.3, 0.4) is 0 Å². The fourth-order valence-corrected chi connectivity index (χ4v) is 4.56. The molecule has 2 unspecified atom stereocenters. The quantitative estimate of drug-likeness (QED) is 0.591. The number of piperidine rings is 1. The molecule has 0 radical (unpaired) electrons. The average molecular weight is 485 g/mol. The Labute approximate surface area is 199 Å². The first-order chi connectivity index (χ1) is 16.2. The maximum atomic E-state index is 13.3. The average Bonchev–Trinajstić information content (AvgIpc) is 2.79. The van der Waals surface area contributed by atoms with E-state index in [4.69, 9.17) is 4.74 Å². The number of rotatable bonds is 8. The summed E-state index contributed by atoms with van der Waals surface area (Å²) in [6, 6.07) is 3.54. The molecule has 3 rings (SSSR count). The van der Waals surface area contributed by atoms with Gasteiger partial charge < -0.3 is 20.3 Å². The molecule has 0 spiro atoms. The molecule has 2 aliphatic heterocycles. The Kier molecular flexibility index (Phi) is 9.18. The molecule has 10 heteroatoms. The SMILES string of the molecule is CCCC(C)NC(=O)C1CCCN(CC(=O)Nc2cc(C(F)(F)F)ccc2N2CCOCC2)C1. The van der Waals surface area contributed by atoms with Gasteiger partial charge in [0.05, 0.1) is 42.6 Å². The van der Waals surface area contributed by atoms with E-state index in [-0.39, 0.29) is 30.1 Å². The van der Waals surface area contributed by atoms with Crippen molar-refractivity contribution in [2.45, 2.75) is 51.7 Å². The van der Waals surface area contributed by atoms with E-state index in [0.717, 1.165) is 37.8 Å². The van der Waals surface area contributed by atoms with Crippen LogP contribution in [-0.2, 0) is 20.5 Å². The van der Waals surface area contributed by atoms with Crippen molar-refractivity contribution in [3.8, 4) is 0 Å². The molecule has 2 amide bonds. The number of carbonyl (C=O) groups excluding carboxylic acids is 2. The van der Waals surface area contributed by atoms with Crippen LogP contribution in [0.1, 0.15) is 45.1 Å². The molecule has 2 aliphatic rings. The molecular weight excluding hydrogens is 449 g/mol. The Morgan fingerprint density at radius 2 is 1.94 bits per heavy atom. The van der Waals surface area contributed by atoms with Gasteiger partial charge in [0.1, 0.15) is 0 Å². The summed E-state index contributed by atoms with van der Waals surface area (Å²) < 4.78 is 45.3. The number of alkyl halides is 3. The third-order valence-electron chi connectivity index (χ3n) is 6.30. The zero-order valence-corrected chi connectivity index (χ0v) is 19.9. The summed E-state index contributed by atoms with van der Waals surface area (Å²) >= 11 is 0. The highest BCUT2D eigenvalue weighted by Gasteiger charge is 2.32. The van der Waals surface area contributed by atoms with Crippen molar-refractivity contribution in [1.82, 2.24) is 10.2 Å². The van der Waals surface area contributed by atoms with E-state index in [1.165, 1.54) is 6.07 Å². The lowest BCUT2D eigenvalue weighted by atomic mass is 9.96. The highest BCUT2D eigenvalue weighted by atomic mass is 19.4. The molecule has 2 saturated heterocycles. The summed E-state index contributed by atoms with van der Waals surface area (Å²) in [6.07, 6.45) is -1.06. The molecule has 2 N–H and O–H groups in total. The number of hydrogen-bond donors (Lipinski definition) is 2. The van der Waals surface area contributed by atoms with Crippen molar-refractivity contribution in [3.05, 3.63) is 23.8 Å². The highest BCUT2D eigenvalue weighted by molar-refractivity contribution is 5.96. The second-order valence-corrected chi connectivity index (χ2v) is 9.15. The first kappa shape index (κ1) is 26.3. The van der Waals surface area contributed by atoms with E-state index in [1.807, 2.05) is 16.7 Å². The summed E-state index contributed by atoms with van der Waals surface area (Å²) in [4.78, 5) is 29.2. The smallest absolute Gasteiger partial charge is 0.378 e. The Bertz CT molecular complexity index is 843. The topological polar surface area (TPSA) is 73.9 Å². The molecule has 34 heavy (non-hydrogen) atoms. The van der Waals surface area contributed by atoms with Crippen LogP contribution >= 0.6 is 0 Å². The van der Waals surface area contributed by atoms with Crippen LogP contribution in [0.2, 0.25) is 0 Å². The van der Waals surface area contributed by atoms with Gasteiger partial charge in [0.15, 0.2) is 0 Å². The minimum absolute atomic E-state index is 0.00135. The number of morpholine rings is 1. The van der Waals surface area contributed by atoms with Gasteiger partial charge in [-0.15, -0.1) is 0 Å². The van der Waals surface area contributed by atoms with Crippen LogP contribution in [0, 0.1) is 5.92 Å². The number of nitrogens with zero attached hydrogens (tertiary/aromatic N) is 2. The number of anilines is 2. The van der Waals surface area contributed by atoms with Crippen LogP contribution in [0.4, 0.5) is 24.5 Å². The number of amides is 2. The zero-order chi connectivity index (χ0) is 24.7. The van der Waals surface area contributed by atoms with E-state index in [1.54, 1.807) is 0 Å². The number of benzene rings is 1. The fourth-order valence-electron chi connectivity index (χ4n) is 4.56. The minimum Gasteiger partial charge on any atom is -0.378 e. The van der Waals surface area contributed by atoms with Crippen LogP contribution in [0.15, 0.2) is 18.2 Å². The van der Waals surface area contributed by atoms with Gasteiger partial charge >= 0.3 is 6.18 Å². The number of halogens is 3. The minimum atomic E-state index is -4.51. The van der Waals surface area contributed by atoms with E-state index in [2.05, 4.69) is 17.6 Å². The summed E-state index contributed by atoms with van der Waals surface area (Å²) in [6.45, 7) is 7.21. The van der Waals surface area contributed by atoms with E-state index >= 15 is 0 Å². The summed E-state index contributed by atoms with van der Waals surface area (Å²) in [5, 5.41) is 5.74. The van der Waals surface area contributed by atoms with Crippen molar-refractivity contribution in [2.24, 2.45) is 5.92 Å². The molecule has 0 aliphatic carbocycles. The molecule has 0 saturated carbocycles. The number of carbonyl (C=O) groups is 2. The normalized spacial score (nSPS) is 20.6. The van der Waals surface area contributed by atoms with Crippen molar-refractivity contribution in [3.63, 3.8) is 0 Å². The molecule has 2 atom stereocenters. The van der Waals surface area contributed by atoms with Crippen LogP contribution in [0.25, 0.3) is 0 Å². The standard InChI is InChI=1S/C24H35F3N4O3/c1-3-5-17(2)28-23(33)18-6-4-9-30(15-18)16-22(32)29-20-14-19(24(25,26)27)7-8-21(20)31-10-12-34-13-11-31/h7-8,14,17-18H,3-6,9-13,15-16H2,1-2H3,(H,28,33)(H,29,32). The van der Waals surface area contributed by atoms with E-state index < -0.39 is 17.6 Å². The summed E-state index contributed by atoms with van der Waals surface area (Å²) in [7, 11) is 0. The van der Waals surface area contributed by atoms with Crippen molar-refractivity contribution in [2.75, 3.05) is 56.2 Å². The maximum absolute atomic E-state index is 13.3. The van der Waals surface area contributed by atoms with Crippen LogP contribution in [0.5, 0.6) is 0 Å². The lowest BCUT2D eigenvalue weighted by molar-refractivity contribution is -0.137. The number of ether oxygens (including phenoxy) is 1. The predicted octanol–water partition coefficient (Wildman–Crippen LogP) is 3.50. The van der Waals surface area contributed by atoms with Crippen LogP contribution in [-0.4, -0.2) is 68.7 Å². The molecule has 1 aromatic carbocycles. The summed E-state index contributed by atoms with van der Waals surface area (Å²) in [5.41, 5.74) is -0.123. The number of hydrogen-bond acceptors (Lipinski definition) is 5. The molecule has 2 heterocycles. The Balaban J connectivity index is 1.65. The molecule has 7 nitrogen and oxygen atoms in total. The number of nitrogens with one attached hydrogen (secondary N) is 2. The predicted molar refractivity (Wildman–Crippen MR) is 125 cm³/mol. The largest absolute Gasteiger partial charge is 0.416 e. The first-order valence-corrected chi connectivity index (χ1v) is 12.0. The Morgan fingerprint density at radius 1 is 1.21 bits per heavy atom. The van der Waals surface area contributed by atoms with Gasteiger partial charge in [-0.1, -0.05) is 13.3 Å². The zero-order valence-electron chi connectivity index (χ0n) is 19.9. The first-order valence-electron chi connectivity index (χ1n) is 12.0. The second-order valence-electron chi connectivity index (χ2n) is 9.15. The fraction of sp³-hybridized carbons (Fsp3) is 0.667.